The van der Waals surface area contributed by atoms with E-state index in [4.69, 9.17) is 4.74 Å². The maximum Gasteiger partial charge on any atom is 0.309 e. The lowest BCUT2D eigenvalue weighted by Crippen LogP contribution is -2.26. The van der Waals surface area contributed by atoms with E-state index in [2.05, 4.69) is 10.4 Å². The molecule has 0 spiro atoms. The molecule has 8 nitrogen and oxygen atoms in total. The van der Waals surface area contributed by atoms with Gasteiger partial charge in [-0.15, -0.1) is 0 Å². The summed E-state index contributed by atoms with van der Waals surface area (Å²) < 4.78 is 6.28. The molecule has 1 aromatic rings. The second kappa shape index (κ2) is 7.47. The zero-order valence-corrected chi connectivity index (χ0v) is 11.1. The largest absolute Gasteiger partial charge is 0.385 e. The molecule has 0 aliphatic heterocycles. The maximum absolute atomic E-state index is 11.5. The predicted octanol–water partition coefficient (Wildman–Crippen LogP) is 0.643. The lowest BCUT2D eigenvalue weighted by Gasteiger charge is -2.04. The first-order valence-electron chi connectivity index (χ1n) is 5.98. The van der Waals surface area contributed by atoms with Crippen molar-refractivity contribution in [1.82, 2.24) is 15.1 Å². The number of carbonyl (C=O) groups excluding carboxylic acids is 1. The fourth-order valence-corrected chi connectivity index (χ4v) is 1.55. The van der Waals surface area contributed by atoms with E-state index in [-0.39, 0.29) is 18.0 Å². The van der Waals surface area contributed by atoms with Gasteiger partial charge in [0.15, 0.2) is 0 Å². The van der Waals surface area contributed by atoms with Crippen molar-refractivity contribution in [2.45, 2.75) is 26.3 Å². The van der Waals surface area contributed by atoms with Crippen molar-refractivity contribution in [2.24, 2.45) is 0 Å². The van der Waals surface area contributed by atoms with Gasteiger partial charge in [-0.25, -0.2) is 0 Å². The summed E-state index contributed by atoms with van der Waals surface area (Å²) in [6.07, 6.45) is 2.34. The number of hydrogen-bond acceptors (Lipinski definition) is 5. The van der Waals surface area contributed by atoms with Crippen LogP contribution in [0.3, 0.4) is 0 Å². The fourth-order valence-electron chi connectivity index (χ4n) is 1.55. The highest BCUT2D eigenvalue weighted by Crippen LogP contribution is 2.14. The Morgan fingerprint density at radius 1 is 1.63 bits per heavy atom. The van der Waals surface area contributed by atoms with E-state index in [1.807, 2.05) is 0 Å². The summed E-state index contributed by atoms with van der Waals surface area (Å²) in [5.74, 6) is -0.105. The minimum atomic E-state index is -0.482. The van der Waals surface area contributed by atoms with Crippen LogP contribution in [0.2, 0.25) is 0 Å². The molecule has 1 rings (SSSR count). The summed E-state index contributed by atoms with van der Waals surface area (Å²) in [4.78, 5) is 21.6. The molecule has 0 saturated carbocycles. The van der Waals surface area contributed by atoms with Crippen LogP contribution in [0.25, 0.3) is 0 Å². The average molecular weight is 270 g/mol. The molecule has 8 heteroatoms. The molecular formula is C11H18N4O4. The number of carbonyl (C=O) groups is 1. The number of aromatic nitrogens is 2. The van der Waals surface area contributed by atoms with Crippen molar-refractivity contribution in [3.05, 3.63) is 22.0 Å². The Hall–Kier alpha value is -1.96. The lowest BCUT2D eigenvalue weighted by molar-refractivity contribution is -0.385. The van der Waals surface area contributed by atoms with E-state index >= 15 is 0 Å². The Morgan fingerprint density at radius 3 is 2.95 bits per heavy atom. The summed E-state index contributed by atoms with van der Waals surface area (Å²) >= 11 is 0. The molecule has 0 unspecified atom stereocenters. The second-order valence-electron chi connectivity index (χ2n) is 4.07. The predicted molar refractivity (Wildman–Crippen MR) is 67.7 cm³/mol. The quantitative estimate of drug-likeness (QED) is 0.424. The molecule has 19 heavy (non-hydrogen) atoms. The van der Waals surface area contributed by atoms with Gasteiger partial charge in [0.05, 0.1) is 4.92 Å². The molecule has 0 aromatic carbocycles. The molecular weight excluding hydrogens is 252 g/mol. The zero-order chi connectivity index (χ0) is 14.3. The first-order valence-corrected chi connectivity index (χ1v) is 5.98. The number of nitrogens with zero attached hydrogens (tertiary/aromatic N) is 3. The molecule has 0 radical (unpaired) electrons. The molecule has 0 bridgehead atoms. The Kier molecular flexibility index (Phi) is 5.94. The topological polar surface area (TPSA) is 99.3 Å². The van der Waals surface area contributed by atoms with E-state index in [1.165, 1.54) is 10.9 Å². The van der Waals surface area contributed by atoms with Gasteiger partial charge in [-0.2, -0.15) is 5.10 Å². The minimum Gasteiger partial charge on any atom is -0.385 e. The van der Waals surface area contributed by atoms with Crippen LogP contribution in [0, 0.1) is 17.0 Å². The van der Waals surface area contributed by atoms with Gasteiger partial charge in [-0.3, -0.25) is 19.6 Å². The summed E-state index contributed by atoms with van der Waals surface area (Å²) in [6.45, 7) is 3.06. The Morgan fingerprint density at radius 2 is 2.37 bits per heavy atom. The second-order valence-corrected chi connectivity index (χ2v) is 4.07. The first kappa shape index (κ1) is 15.1. The highest BCUT2D eigenvalue weighted by molar-refractivity contribution is 5.75. The third-order valence-corrected chi connectivity index (χ3v) is 2.53. The zero-order valence-electron chi connectivity index (χ0n) is 11.1. The summed E-state index contributed by atoms with van der Waals surface area (Å²) in [6, 6.07) is 0. The van der Waals surface area contributed by atoms with Gasteiger partial charge in [-0.1, -0.05) is 0 Å². The number of aryl methyl sites for hydroxylation is 2. The van der Waals surface area contributed by atoms with E-state index in [0.29, 0.717) is 25.4 Å². The van der Waals surface area contributed by atoms with Crippen molar-refractivity contribution < 1.29 is 14.5 Å². The SMILES string of the molecule is COCCCNC(=O)CCn1cc([N+](=O)[O-])c(C)n1. The van der Waals surface area contributed by atoms with Crippen molar-refractivity contribution >= 4 is 11.6 Å². The average Bonchev–Trinajstić information content (AvgIpc) is 2.74. The maximum atomic E-state index is 11.5. The van der Waals surface area contributed by atoms with Crippen LogP contribution in [-0.2, 0) is 16.1 Å². The van der Waals surface area contributed by atoms with Crippen molar-refractivity contribution in [2.75, 3.05) is 20.3 Å². The van der Waals surface area contributed by atoms with Gasteiger partial charge in [0, 0.05) is 33.2 Å². The Balaban J connectivity index is 2.34. The molecule has 1 N–H and O–H groups in total. The fraction of sp³-hybridized carbons (Fsp3) is 0.636. The van der Waals surface area contributed by atoms with Crippen LogP contribution in [0.4, 0.5) is 5.69 Å². The van der Waals surface area contributed by atoms with Crippen LogP contribution >= 0.6 is 0 Å². The van der Waals surface area contributed by atoms with Crippen LogP contribution in [0.15, 0.2) is 6.20 Å². The third-order valence-electron chi connectivity index (χ3n) is 2.53. The molecule has 106 valence electrons. The van der Waals surface area contributed by atoms with E-state index in [0.717, 1.165) is 6.42 Å². The van der Waals surface area contributed by atoms with Gasteiger partial charge < -0.3 is 10.1 Å². The van der Waals surface area contributed by atoms with Gasteiger partial charge in [0.25, 0.3) is 0 Å². The summed E-state index contributed by atoms with van der Waals surface area (Å²) in [5, 5.41) is 17.4. The summed E-state index contributed by atoms with van der Waals surface area (Å²) in [7, 11) is 1.61. The molecule has 1 aromatic heterocycles. The van der Waals surface area contributed by atoms with Gasteiger partial charge in [0.1, 0.15) is 11.9 Å². The van der Waals surface area contributed by atoms with Gasteiger partial charge in [-0.05, 0) is 13.3 Å². The smallest absolute Gasteiger partial charge is 0.309 e. The van der Waals surface area contributed by atoms with Crippen LogP contribution in [0.1, 0.15) is 18.5 Å². The van der Waals surface area contributed by atoms with Crippen LogP contribution < -0.4 is 5.32 Å². The van der Waals surface area contributed by atoms with Gasteiger partial charge >= 0.3 is 5.69 Å². The Labute approximate surface area is 110 Å². The van der Waals surface area contributed by atoms with Crippen molar-refractivity contribution in [1.29, 1.82) is 0 Å². The minimum absolute atomic E-state index is 0.0273. The standard InChI is InChI=1S/C11H18N4O4/c1-9-10(15(17)18)8-14(13-9)6-4-11(16)12-5-3-7-19-2/h8H,3-7H2,1-2H3,(H,12,16). The number of nitro groups is 1. The normalized spacial score (nSPS) is 10.4. The third kappa shape index (κ3) is 5.04. The number of hydrogen-bond donors (Lipinski definition) is 1. The molecule has 0 saturated heterocycles. The monoisotopic (exact) mass is 270 g/mol. The number of nitrogens with one attached hydrogen (secondary N) is 1. The molecule has 0 fully saturated rings. The first-order chi connectivity index (χ1) is 9.04. The van der Waals surface area contributed by atoms with Crippen LogP contribution in [0.5, 0.6) is 0 Å². The van der Waals surface area contributed by atoms with Crippen molar-refractivity contribution in [3.63, 3.8) is 0 Å². The number of amides is 1. The van der Waals surface area contributed by atoms with E-state index in [1.54, 1.807) is 14.0 Å². The summed E-state index contributed by atoms with van der Waals surface area (Å²) in [5.41, 5.74) is 0.325. The van der Waals surface area contributed by atoms with E-state index in [9.17, 15) is 14.9 Å². The van der Waals surface area contributed by atoms with Crippen molar-refractivity contribution in [3.8, 4) is 0 Å². The molecule has 0 aliphatic rings. The molecule has 0 aliphatic carbocycles. The van der Waals surface area contributed by atoms with Gasteiger partial charge in [0.2, 0.25) is 5.91 Å². The number of methoxy groups -OCH3 is 1. The molecule has 1 heterocycles. The number of ether oxygens (including phenoxy) is 1. The van der Waals surface area contributed by atoms with E-state index < -0.39 is 4.92 Å². The van der Waals surface area contributed by atoms with Crippen LogP contribution in [-0.4, -0.2) is 40.9 Å². The molecule has 0 atom stereocenters. The Bertz CT molecular complexity index is 444. The highest BCUT2D eigenvalue weighted by atomic mass is 16.6. The number of rotatable bonds is 8. The molecule has 1 amide bonds. The highest BCUT2D eigenvalue weighted by Gasteiger charge is 2.15. The lowest BCUT2D eigenvalue weighted by atomic mass is 10.3.